The van der Waals surface area contributed by atoms with Crippen LogP contribution in [0, 0.1) is 6.92 Å². The molecule has 2 saturated heterocycles. The monoisotopic (exact) mass is 515 g/mol. The summed E-state index contributed by atoms with van der Waals surface area (Å²) in [5, 5.41) is 0.602. The molecule has 0 radical (unpaired) electrons. The summed E-state index contributed by atoms with van der Waals surface area (Å²) in [6, 6.07) is 15.7. The van der Waals surface area contributed by atoms with Gasteiger partial charge < -0.3 is 4.74 Å². The van der Waals surface area contributed by atoms with E-state index in [4.69, 9.17) is 16.3 Å². The Kier molecular flexibility index (Phi) is 6.43. The van der Waals surface area contributed by atoms with E-state index in [1.807, 2.05) is 49.4 Å². The number of carbonyl (C=O) groups excluding carboxylic acids is 1. The molecule has 0 bridgehead atoms. The number of halogens is 4. The van der Waals surface area contributed by atoms with E-state index in [-0.39, 0.29) is 6.09 Å². The van der Waals surface area contributed by atoms with Crippen LogP contribution in [-0.2, 0) is 17.5 Å². The smallest absolute Gasteiger partial charge is 0.433 e. The summed E-state index contributed by atoms with van der Waals surface area (Å²) >= 11 is 6.42. The SMILES string of the molecule is Cc1cc(-c2ccc(C(F)(F)F)nc2)c(CN2CCC3(CC2)CN(c2ccccc2)C(=O)O3)cc1Cl. The van der Waals surface area contributed by atoms with Gasteiger partial charge in [0.1, 0.15) is 11.3 Å². The molecule has 1 aromatic heterocycles. The van der Waals surface area contributed by atoms with E-state index in [9.17, 15) is 18.0 Å². The Morgan fingerprint density at radius 3 is 2.44 bits per heavy atom. The Morgan fingerprint density at radius 1 is 1.08 bits per heavy atom. The van der Waals surface area contributed by atoms with Crippen LogP contribution in [0.5, 0.6) is 0 Å². The maximum Gasteiger partial charge on any atom is 0.433 e. The third-order valence-electron chi connectivity index (χ3n) is 6.95. The Labute approximate surface area is 212 Å². The molecule has 0 N–H and O–H groups in total. The van der Waals surface area contributed by atoms with Gasteiger partial charge in [-0.2, -0.15) is 13.2 Å². The lowest BCUT2D eigenvalue weighted by atomic mass is 9.90. The number of aryl methyl sites for hydroxylation is 1. The van der Waals surface area contributed by atoms with Crippen LogP contribution >= 0.6 is 11.6 Å². The van der Waals surface area contributed by atoms with E-state index < -0.39 is 17.5 Å². The number of carbonyl (C=O) groups is 1. The number of aromatic nitrogens is 1. The highest BCUT2D eigenvalue weighted by Gasteiger charge is 2.47. The number of amides is 1. The summed E-state index contributed by atoms with van der Waals surface area (Å²) in [7, 11) is 0. The number of hydrogen-bond acceptors (Lipinski definition) is 4. The number of pyridine rings is 1. The fraction of sp³-hybridized carbons (Fsp3) is 0.333. The fourth-order valence-electron chi connectivity index (χ4n) is 4.89. The minimum atomic E-state index is -4.49. The summed E-state index contributed by atoms with van der Waals surface area (Å²) in [5.74, 6) is 0. The number of likely N-dealkylation sites (tertiary alicyclic amines) is 1. The molecule has 5 rings (SSSR count). The molecule has 0 atom stereocenters. The van der Waals surface area contributed by atoms with Crippen LogP contribution in [0.15, 0.2) is 60.8 Å². The zero-order valence-corrected chi connectivity index (χ0v) is 20.4. The van der Waals surface area contributed by atoms with Crippen molar-refractivity contribution < 1.29 is 22.7 Å². The topological polar surface area (TPSA) is 45.7 Å². The Hall–Kier alpha value is -3.10. The van der Waals surface area contributed by atoms with Crippen LogP contribution in [0.2, 0.25) is 5.02 Å². The second-order valence-corrected chi connectivity index (χ2v) is 9.84. The third-order valence-corrected chi connectivity index (χ3v) is 7.36. The first-order valence-corrected chi connectivity index (χ1v) is 12.1. The van der Waals surface area contributed by atoms with E-state index in [1.165, 1.54) is 12.3 Å². The predicted molar refractivity (Wildman–Crippen MR) is 132 cm³/mol. The molecular weight excluding hydrogens is 491 g/mol. The van der Waals surface area contributed by atoms with Gasteiger partial charge in [-0.3, -0.25) is 14.8 Å². The average molecular weight is 516 g/mol. The minimum Gasteiger partial charge on any atom is -0.441 e. The van der Waals surface area contributed by atoms with Gasteiger partial charge in [-0.15, -0.1) is 0 Å². The average Bonchev–Trinajstić information content (AvgIpc) is 3.18. The number of anilines is 1. The van der Waals surface area contributed by atoms with Crippen LogP contribution in [0.1, 0.15) is 29.7 Å². The van der Waals surface area contributed by atoms with Gasteiger partial charge in [0.2, 0.25) is 0 Å². The van der Waals surface area contributed by atoms with E-state index >= 15 is 0 Å². The first kappa shape index (κ1) is 24.6. The van der Waals surface area contributed by atoms with Crippen LogP contribution in [0.3, 0.4) is 0 Å². The molecule has 1 amide bonds. The van der Waals surface area contributed by atoms with Crippen molar-refractivity contribution in [2.24, 2.45) is 0 Å². The molecule has 9 heteroatoms. The van der Waals surface area contributed by atoms with Gasteiger partial charge in [-0.05, 0) is 53.9 Å². The molecule has 2 aliphatic rings. The van der Waals surface area contributed by atoms with Crippen molar-refractivity contribution in [3.8, 4) is 11.1 Å². The highest BCUT2D eigenvalue weighted by atomic mass is 35.5. The van der Waals surface area contributed by atoms with Gasteiger partial charge in [0.15, 0.2) is 0 Å². The highest BCUT2D eigenvalue weighted by molar-refractivity contribution is 6.31. The van der Waals surface area contributed by atoms with Crippen molar-refractivity contribution >= 4 is 23.4 Å². The Balaban J connectivity index is 1.31. The Bertz CT molecular complexity index is 1260. The maximum absolute atomic E-state index is 13.0. The number of alkyl halides is 3. The number of para-hydroxylation sites is 1. The summed E-state index contributed by atoms with van der Waals surface area (Å²) in [5.41, 5.74) is 2.55. The molecule has 36 heavy (non-hydrogen) atoms. The fourth-order valence-corrected chi connectivity index (χ4v) is 5.08. The van der Waals surface area contributed by atoms with E-state index in [0.29, 0.717) is 49.6 Å². The zero-order valence-electron chi connectivity index (χ0n) is 19.7. The number of nitrogens with zero attached hydrogens (tertiary/aromatic N) is 3. The first-order chi connectivity index (χ1) is 17.1. The van der Waals surface area contributed by atoms with Crippen molar-refractivity contribution in [2.75, 3.05) is 24.5 Å². The maximum atomic E-state index is 13.0. The molecule has 0 saturated carbocycles. The van der Waals surface area contributed by atoms with Crippen molar-refractivity contribution in [1.29, 1.82) is 0 Å². The Morgan fingerprint density at radius 2 is 1.81 bits per heavy atom. The minimum absolute atomic E-state index is 0.322. The van der Waals surface area contributed by atoms with Gasteiger partial charge in [-0.25, -0.2) is 4.79 Å². The second-order valence-electron chi connectivity index (χ2n) is 9.44. The summed E-state index contributed by atoms with van der Waals surface area (Å²) in [6.45, 7) is 4.38. The third kappa shape index (κ3) is 4.92. The molecule has 3 aromatic rings. The molecule has 5 nitrogen and oxygen atoms in total. The predicted octanol–water partition coefficient (Wildman–Crippen LogP) is 6.72. The van der Waals surface area contributed by atoms with E-state index in [0.717, 1.165) is 28.4 Å². The van der Waals surface area contributed by atoms with Crippen LogP contribution in [-0.4, -0.2) is 41.2 Å². The van der Waals surface area contributed by atoms with Crippen molar-refractivity contribution in [3.63, 3.8) is 0 Å². The molecule has 1 spiro atoms. The second kappa shape index (κ2) is 9.41. The van der Waals surface area contributed by atoms with Gasteiger partial charge >= 0.3 is 12.3 Å². The molecule has 2 aromatic carbocycles. The highest BCUT2D eigenvalue weighted by Crippen LogP contribution is 2.37. The van der Waals surface area contributed by atoms with Gasteiger partial charge in [-0.1, -0.05) is 35.9 Å². The number of ether oxygens (including phenoxy) is 1. The van der Waals surface area contributed by atoms with E-state index in [1.54, 1.807) is 4.90 Å². The van der Waals surface area contributed by atoms with Crippen LogP contribution in [0.25, 0.3) is 11.1 Å². The lowest BCUT2D eigenvalue weighted by Crippen LogP contribution is -2.46. The number of benzene rings is 2. The van der Waals surface area contributed by atoms with Crippen molar-refractivity contribution in [2.45, 2.75) is 38.1 Å². The summed E-state index contributed by atoms with van der Waals surface area (Å²) in [6.07, 6.45) is -2.16. The first-order valence-electron chi connectivity index (χ1n) is 11.7. The zero-order chi connectivity index (χ0) is 25.5. The number of piperidine rings is 1. The lowest BCUT2D eigenvalue weighted by Gasteiger charge is -2.37. The van der Waals surface area contributed by atoms with Crippen LogP contribution < -0.4 is 4.90 Å². The van der Waals surface area contributed by atoms with E-state index in [2.05, 4.69) is 9.88 Å². The normalized spacial score (nSPS) is 18.0. The molecule has 0 unspecified atom stereocenters. The summed E-state index contributed by atoms with van der Waals surface area (Å²) < 4.78 is 44.8. The quantitative estimate of drug-likeness (QED) is 0.387. The standard InChI is InChI=1S/C27H25ClF3N3O2/c1-18-13-22(19-7-8-24(32-15-19)27(29,30)31)20(14-23(18)28)16-33-11-9-26(10-12-33)17-34(25(35)36-26)21-5-3-2-4-6-21/h2-8,13-15H,9-12,16-17H2,1H3. The molecule has 0 aliphatic carbocycles. The summed E-state index contributed by atoms with van der Waals surface area (Å²) in [4.78, 5) is 20.1. The molecule has 3 heterocycles. The molecule has 2 fully saturated rings. The molecule has 2 aliphatic heterocycles. The van der Waals surface area contributed by atoms with Gasteiger partial charge in [0.25, 0.3) is 0 Å². The largest absolute Gasteiger partial charge is 0.441 e. The number of rotatable bonds is 4. The molecular formula is C27H25ClF3N3O2. The van der Waals surface area contributed by atoms with Gasteiger partial charge in [0, 0.05) is 54.9 Å². The van der Waals surface area contributed by atoms with Gasteiger partial charge in [0.05, 0.1) is 6.54 Å². The molecule has 188 valence electrons. The van der Waals surface area contributed by atoms with Crippen molar-refractivity contribution in [3.05, 3.63) is 82.6 Å². The van der Waals surface area contributed by atoms with Crippen LogP contribution in [0.4, 0.5) is 23.7 Å². The van der Waals surface area contributed by atoms with Crippen molar-refractivity contribution in [1.82, 2.24) is 9.88 Å². The lowest BCUT2D eigenvalue weighted by molar-refractivity contribution is -0.141. The number of hydrogen-bond donors (Lipinski definition) is 0.